The summed E-state index contributed by atoms with van der Waals surface area (Å²) in [6.45, 7) is 0. The number of phenols is 4. The molecule has 0 aliphatic carbocycles. The third kappa shape index (κ3) is 9.18. The number of nitro benzene ring substituents is 4. The van der Waals surface area contributed by atoms with Crippen molar-refractivity contribution >= 4 is 102 Å². The van der Waals surface area contributed by atoms with E-state index in [0.29, 0.717) is 21.1 Å². The lowest BCUT2D eigenvalue weighted by Gasteiger charge is -2.08. The minimum Gasteiger partial charge on any atom is -0.507 e. The molecule has 282 valence electrons. The minimum absolute atomic E-state index is 0.0431. The number of benzene rings is 5. The normalized spacial score (nSPS) is 11.6. The van der Waals surface area contributed by atoms with Crippen molar-refractivity contribution in [3.05, 3.63) is 144 Å². The number of nitrogens with zero attached hydrogens (tertiary/aromatic N) is 8. The van der Waals surface area contributed by atoms with Crippen molar-refractivity contribution in [2.45, 2.75) is 0 Å². The van der Waals surface area contributed by atoms with Gasteiger partial charge in [0.1, 0.15) is 11.5 Å². The van der Waals surface area contributed by atoms with Crippen LogP contribution < -0.4 is 0 Å². The van der Waals surface area contributed by atoms with Crippen LogP contribution in [0.25, 0.3) is 0 Å². The molecule has 0 heterocycles. The number of phenolic OH excluding ortho intramolecular Hbond substituents is 4. The highest BCUT2D eigenvalue weighted by Crippen LogP contribution is 2.42. The fraction of sp³-hybridized carbons (Fsp3) is 0. The van der Waals surface area contributed by atoms with E-state index in [0.717, 1.165) is 24.6 Å². The molecule has 5 aromatic carbocycles. The van der Waals surface area contributed by atoms with Gasteiger partial charge in [-0.05, 0) is 48.5 Å². The average molecular weight is 892 g/mol. The number of aliphatic imine (C=N–C) groups is 4. The zero-order valence-electron chi connectivity index (χ0n) is 27.6. The van der Waals surface area contributed by atoms with Gasteiger partial charge in [0.2, 0.25) is 11.5 Å². The molecule has 22 heteroatoms. The predicted octanol–water partition coefficient (Wildman–Crippen LogP) is 8.67. The van der Waals surface area contributed by atoms with Gasteiger partial charge in [-0.25, -0.2) is 0 Å². The van der Waals surface area contributed by atoms with Crippen LogP contribution in [0.15, 0.2) is 102 Å². The molecular formula is C34H20Br2N8O12. The summed E-state index contributed by atoms with van der Waals surface area (Å²) in [5, 5.41) is 88.2. The van der Waals surface area contributed by atoms with Crippen LogP contribution in [0.2, 0.25) is 0 Å². The zero-order valence-corrected chi connectivity index (χ0v) is 30.8. The summed E-state index contributed by atoms with van der Waals surface area (Å²) < 4.78 is 1.15. The summed E-state index contributed by atoms with van der Waals surface area (Å²) in [7, 11) is 0. The Balaban J connectivity index is 1.78. The Labute approximate surface area is 328 Å². The maximum atomic E-state index is 11.6. The SMILES string of the molecule is O=[N+]([O-])c1cc(C=Nc2cc(N=Cc3cc([N+](=O)[O-])cc([N+](=O)[O-])c3O)c(N=Cc3cc(Br)ccc3O)cc2N=Cc2cc(Br)ccc2O)c(O)c([N+](=O)[O-])c1. The molecular weight excluding hydrogens is 872 g/mol. The van der Waals surface area contributed by atoms with Gasteiger partial charge in [-0.2, -0.15) is 0 Å². The molecule has 20 nitrogen and oxygen atoms in total. The molecule has 0 bridgehead atoms. The molecule has 56 heavy (non-hydrogen) atoms. The number of hydrogen-bond donors (Lipinski definition) is 4. The average Bonchev–Trinajstić information content (AvgIpc) is 3.14. The maximum absolute atomic E-state index is 11.6. The summed E-state index contributed by atoms with van der Waals surface area (Å²) in [6, 6.07) is 14.2. The van der Waals surface area contributed by atoms with E-state index in [4.69, 9.17) is 0 Å². The van der Waals surface area contributed by atoms with E-state index in [1.54, 1.807) is 12.1 Å². The van der Waals surface area contributed by atoms with Gasteiger partial charge in [0.15, 0.2) is 0 Å². The summed E-state index contributed by atoms with van der Waals surface area (Å²) in [6.07, 6.45) is 4.21. The lowest BCUT2D eigenvalue weighted by molar-refractivity contribution is -0.395. The standard InChI is InChI=1S/C34H20Br2N8O12/c35-21-1-3-31(45)17(5-21)13-37-25-11-26(38-14-18-6-22(36)2-4-32(18)46)28(40-16-20-8-24(42(51)52)10-30(34(20)48)44(55)56)12-27(25)39-15-19-7-23(41(49)50)9-29(33(19)47)43(53)54/h1-16,45-48H. The lowest BCUT2D eigenvalue weighted by Crippen LogP contribution is -1.96. The molecule has 0 aliphatic rings. The molecule has 0 saturated carbocycles. The Kier molecular flexibility index (Phi) is 11.8. The number of non-ortho nitro benzene ring substituents is 2. The van der Waals surface area contributed by atoms with E-state index in [1.807, 2.05) is 0 Å². The number of aromatic hydroxyl groups is 4. The smallest absolute Gasteiger partial charge is 0.318 e. The Bertz CT molecular complexity index is 2420. The van der Waals surface area contributed by atoms with E-state index < -0.39 is 65.1 Å². The molecule has 0 aliphatic heterocycles. The van der Waals surface area contributed by atoms with Crippen molar-refractivity contribution in [2.24, 2.45) is 20.0 Å². The Morgan fingerprint density at radius 1 is 0.446 bits per heavy atom. The quantitative estimate of drug-likeness (QED) is 0.0519. The highest BCUT2D eigenvalue weighted by Gasteiger charge is 2.25. The highest BCUT2D eigenvalue weighted by atomic mass is 79.9. The molecule has 5 rings (SSSR count). The van der Waals surface area contributed by atoms with Crippen molar-refractivity contribution in [1.29, 1.82) is 0 Å². The van der Waals surface area contributed by atoms with E-state index in [1.165, 1.54) is 48.8 Å². The van der Waals surface area contributed by atoms with Crippen LogP contribution in [0.1, 0.15) is 22.3 Å². The highest BCUT2D eigenvalue weighted by molar-refractivity contribution is 9.10. The molecule has 0 radical (unpaired) electrons. The summed E-state index contributed by atoms with van der Waals surface area (Å²) >= 11 is 6.60. The number of hydrogen-bond acceptors (Lipinski definition) is 16. The molecule has 0 spiro atoms. The third-order valence-electron chi connectivity index (χ3n) is 7.44. The topological polar surface area (TPSA) is 303 Å². The van der Waals surface area contributed by atoms with Crippen LogP contribution in [0.4, 0.5) is 45.5 Å². The van der Waals surface area contributed by atoms with Gasteiger partial charge in [-0.1, -0.05) is 31.9 Å². The minimum atomic E-state index is -1.03. The van der Waals surface area contributed by atoms with Gasteiger partial charge in [-0.3, -0.25) is 60.4 Å². The third-order valence-corrected chi connectivity index (χ3v) is 8.43. The second kappa shape index (κ2) is 16.7. The van der Waals surface area contributed by atoms with Gasteiger partial charge in [0, 0.05) is 68.2 Å². The predicted molar refractivity (Wildman–Crippen MR) is 210 cm³/mol. The van der Waals surface area contributed by atoms with E-state index in [9.17, 15) is 60.9 Å². The Morgan fingerprint density at radius 2 is 0.768 bits per heavy atom. The maximum Gasteiger partial charge on any atom is 0.318 e. The van der Waals surface area contributed by atoms with E-state index in [-0.39, 0.29) is 45.4 Å². The largest absolute Gasteiger partial charge is 0.507 e. The number of rotatable bonds is 12. The molecule has 5 aromatic rings. The van der Waals surface area contributed by atoms with Crippen LogP contribution in [-0.4, -0.2) is 65.0 Å². The van der Waals surface area contributed by atoms with Crippen LogP contribution >= 0.6 is 31.9 Å². The fourth-order valence-electron chi connectivity index (χ4n) is 4.72. The molecule has 0 fully saturated rings. The lowest BCUT2D eigenvalue weighted by atomic mass is 10.1. The fourth-order valence-corrected chi connectivity index (χ4v) is 5.48. The van der Waals surface area contributed by atoms with Crippen molar-refractivity contribution in [2.75, 3.05) is 0 Å². The molecule has 0 atom stereocenters. The van der Waals surface area contributed by atoms with Gasteiger partial charge in [0.25, 0.3) is 11.4 Å². The van der Waals surface area contributed by atoms with E-state index >= 15 is 0 Å². The molecule has 4 N–H and O–H groups in total. The van der Waals surface area contributed by atoms with Crippen LogP contribution in [-0.2, 0) is 0 Å². The van der Waals surface area contributed by atoms with Gasteiger partial charge < -0.3 is 20.4 Å². The van der Waals surface area contributed by atoms with Crippen molar-refractivity contribution in [3.8, 4) is 23.0 Å². The number of nitro groups is 4. The molecule has 0 aromatic heterocycles. The second-order valence-corrected chi connectivity index (χ2v) is 12.9. The molecule has 0 unspecified atom stereocenters. The summed E-state index contributed by atoms with van der Waals surface area (Å²) in [5.41, 5.74) is -4.28. The summed E-state index contributed by atoms with van der Waals surface area (Å²) in [4.78, 5) is 59.6. The first-order valence-corrected chi connectivity index (χ1v) is 16.7. The van der Waals surface area contributed by atoms with Crippen LogP contribution in [0, 0.1) is 40.5 Å². The van der Waals surface area contributed by atoms with Crippen molar-refractivity contribution in [1.82, 2.24) is 0 Å². The molecule has 0 saturated heterocycles. The van der Waals surface area contributed by atoms with E-state index in [2.05, 4.69) is 51.8 Å². The van der Waals surface area contributed by atoms with Crippen molar-refractivity contribution in [3.63, 3.8) is 0 Å². The van der Waals surface area contributed by atoms with Crippen LogP contribution in [0.5, 0.6) is 23.0 Å². The van der Waals surface area contributed by atoms with Gasteiger partial charge in [0.05, 0.1) is 54.6 Å². The monoisotopic (exact) mass is 890 g/mol. The first-order chi connectivity index (χ1) is 26.5. The van der Waals surface area contributed by atoms with Gasteiger partial charge in [-0.15, -0.1) is 0 Å². The molecule has 0 amide bonds. The Hall–Kier alpha value is -7.46. The zero-order chi connectivity index (χ0) is 40.8. The van der Waals surface area contributed by atoms with Gasteiger partial charge >= 0.3 is 11.4 Å². The van der Waals surface area contributed by atoms with Crippen LogP contribution in [0.3, 0.4) is 0 Å². The summed E-state index contributed by atoms with van der Waals surface area (Å²) in [5.74, 6) is -2.26. The number of halogens is 2. The first kappa shape index (κ1) is 39.7. The Morgan fingerprint density at radius 3 is 1.07 bits per heavy atom. The first-order valence-electron chi connectivity index (χ1n) is 15.1. The second-order valence-electron chi connectivity index (χ2n) is 11.1. The van der Waals surface area contributed by atoms with Crippen molar-refractivity contribution < 1.29 is 40.1 Å².